The van der Waals surface area contributed by atoms with E-state index in [4.69, 9.17) is 0 Å². The Morgan fingerprint density at radius 2 is 2.30 bits per heavy atom. The highest BCUT2D eigenvalue weighted by Crippen LogP contribution is 2.04. The molecule has 1 rings (SSSR count). The van der Waals surface area contributed by atoms with Gasteiger partial charge in [-0.05, 0) is 6.42 Å². The van der Waals surface area contributed by atoms with Gasteiger partial charge in [-0.2, -0.15) is 0 Å². The highest BCUT2D eigenvalue weighted by atomic mass is 16.2. The third-order valence-corrected chi connectivity index (χ3v) is 1.70. The Hall–Kier alpha value is -0.860. The average molecular weight is 141 g/mol. The molecule has 1 aliphatic heterocycles. The van der Waals surface area contributed by atoms with Crippen molar-refractivity contribution in [1.29, 1.82) is 0 Å². The van der Waals surface area contributed by atoms with Gasteiger partial charge in [0, 0.05) is 19.9 Å². The van der Waals surface area contributed by atoms with E-state index in [1.54, 1.807) is 4.90 Å². The Bertz CT molecular complexity index is 163. The van der Waals surface area contributed by atoms with Crippen LogP contribution in [0.15, 0.2) is 0 Å². The molecule has 0 spiro atoms. The number of amides is 1. The first-order valence-electron chi connectivity index (χ1n) is 3.47. The first-order chi connectivity index (χ1) is 4.70. The molecule has 1 heterocycles. The fraction of sp³-hybridized carbons (Fsp3) is 0.714. The van der Waals surface area contributed by atoms with Crippen molar-refractivity contribution in [3.05, 3.63) is 0 Å². The predicted molar refractivity (Wildman–Crippen MR) is 36.5 cm³/mol. The van der Waals surface area contributed by atoms with Crippen LogP contribution in [-0.2, 0) is 9.59 Å². The Balaban J connectivity index is 2.47. The van der Waals surface area contributed by atoms with Gasteiger partial charge >= 0.3 is 0 Å². The number of carbonyl (C=O) groups excluding carboxylic acids is 2. The normalized spacial score (nSPS) is 19.3. The summed E-state index contributed by atoms with van der Waals surface area (Å²) in [5, 5.41) is 0. The van der Waals surface area contributed by atoms with Crippen LogP contribution < -0.4 is 0 Å². The third kappa shape index (κ3) is 1.56. The minimum atomic E-state index is 0.00745. The van der Waals surface area contributed by atoms with E-state index in [-0.39, 0.29) is 11.7 Å². The molecule has 0 bridgehead atoms. The lowest BCUT2D eigenvalue weighted by molar-refractivity contribution is -0.135. The Labute approximate surface area is 60.0 Å². The Morgan fingerprint density at radius 3 is 2.70 bits per heavy atom. The predicted octanol–water partition coefficient (Wildman–Crippen LogP) is 0.198. The lowest BCUT2D eigenvalue weighted by atomic mass is 10.1. The summed E-state index contributed by atoms with van der Waals surface area (Å²) in [4.78, 5) is 23.1. The Kier molecular flexibility index (Phi) is 2.04. The van der Waals surface area contributed by atoms with Gasteiger partial charge in [0.1, 0.15) is 0 Å². The van der Waals surface area contributed by atoms with Crippen molar-refractivity contribution in [3.8, 4) is 0 Å². The maximum Gasteiger partial charge on any atom is 0.219 e. The second kappa shape index (κ2) is 2.82. The second-order valence-corrected chi connectivity index (χ2v) is 2.58. The summed E-state index contributed by atoms with van der Waals surface area (Å²) in [7, 11) is 0. The molecule has 0 aliphatic carbocycles. The van der Waals surface area contributed by atoms with Crippen molar-refractivity contribution in [2.75, 3.05) is 13.1 Å². The smallest absolute Gasteiger partial charge is 0.219 e. The summed E-state index contributed by atoms with van der Waals surface area (Å²) in [5.41, 5.74) is 0. The Morgan fingerprint density at radius 1 is 1.60 bits per heavy atom. The van der Waals surface area contributed by atoms with Crippen molar-refractivity contribution in [2.24, 2.45) is 0 Å². The van der Waals surface area contributed by atoms with Crippen molar-refractivity contribution in [2.45, 2.75) is 19.8 Å². The van der Waals surface area contributed by atoms with Crippen LogP contribution in [-0.4, -0.2) is 29.7 Å². The zero-order valence-corrected chi connectivity index (χ0v) is 6.09. The molecule has 3 heteroatoms. The highest BCUT2D eigenvalue weighted by molar-refractivity contribution is 5.86. The number of hydrogen-bond acceptors (Lipinski definition) is 2. The minimum absolute atomic E-state index is 0.00745. The van der Waals surface area contributed by atoms with Gasteiger partial charge in [0.15, 0.2) is 5.78 Å². The molecule has 0 aromatic heterocycles. The molecule has 1 aliphatic rings. The summed E-state index contributed by atoms with van der Waals surface area (Å²) in [6.07, 6.45) is 1.47. The van der Waals surface area contributed by atoms with Gasteiger partial charge in [-0.1, -0.05) is 0 Å². The van der Waals surface area contributed by atoms with E-state index in [2.05, 4.69) is 0 Å². The van der Waals surface area contributed by atoms with Crippen LogP contribution in [0.5, 0.6) is 0 Å². The van der Waals surface area contributed by atoms with E-state index in [1.165, 1.54) is 6.92 Å². The van der Waals surface area contributed by atoms with E-state index >= 15 is 0 Å². The molecule has 0 aromatic rings. The zero-order chi connectivity index (χ0) is 7.56. The first-order valence-corrected chi connectivity index (χ1v) is 3.47. The molecule has 0 unspecified atom stereocenters. The van der Waals surface area contributed by atoms with Gasteiger partial charge in [-0.25, -0.2) is 0 Å². The number of ketones is 1. The molecule has 10 heavy (non-hydrogen) atoms. The lowest BCUT2D eigenvalue weighted by Crippen LogP contribution is -2.38. The van der Waals surface area contributed by atoms with Gasteiger partial charge in [-0.15, -0.1) is 0 Å². The van der Waals surface area contributed by atoms with Gasteiger partial charge < -0.3 is 4.90 Å². The number of rotatable bonds is 0. The van der Waals surface area contributed by atoms with Crippen molar-refractivity contribution < 1.29 is 9.59 Å². The van der Waals surface area contributed by atoms with E-state index < -0.39 is 0 Å². The van der Waals surface area contributed by atoms with Crippen molar-refractivity contribution in [1.82, 2.24) is 4.90 Å². The standard InChI is InChI=1S/C7H11NO2/c1-6(9)8-4-2-3-7(10)5-8/h2-5H2,1H3. The van der Waals surface area contributed by atoms with Crippen LogP contribution in [0.1, 0.15) is 19.8 Å². The van der Waals surface area contributed by atoms with Crippen LogP contribution in [0.25, 0.3) is 0 Å². The molecule has 56 valence electrons. The molecule has 0 aromatic carbocycles. The van der Waals surface area contributed by atoms with E-state index in [9.17, 15) is 9.59 Å². The van der Waals surface area contributed by atoms with Crippen LogP contribution >= 0.6 is 0 Å². The molecule has 1 fully saturated rings. The number of carbonyl (C=O) groups is 2. The maximum absolute atomic E-state index is 10.8. The second-order valence-electron chi connectivity index (χ2n) is 2.58. The molecule has 0 saturated carbocycles. The third-order valence-electron chi connectivity index (χ3n) is 1.70. The van der Waals surface area contributed by atoms with Gasteiger partial charge in [0.2, 0.25) is 5.91 Å². The largest absolute Gasteiger partial charge is 0.336 e. The molecular formula is C7H11NO2. The van der Waals surface area contributed by atoms with Gasteiger partial charge in [-0.3, -0.25) is 9.59 Å². The SMILES string of the molecule is CC(=O)N1CCCC(=O)C1. The van der Waals surface area contributed by atoms with Crippen molar-refractivity contribution in [3.63, 3.8) is 0 Å². The van der Waals surface area contributed by atoms with Crippen molar-refractivity contribution >= 4 is 11.7 Å². The number of piperidine rings is 1. The monoisotopic (exact) mass is 141 g/mol. The van der Waals surface area contributed by atoms with Crippen LogP contribution in [0.2, 0.25) is 0 Å². The van der Waals surface area contributed by atoms with Crippen LogP contribution in [0, 0.1) is 0 Å². The van der Waals surface area contributed by atoms with Crippen LogP contribution in [0.4, 0.5) is 0 Å². The summed E-state index contributed by atoms with van der Waals surface area (Å²) in [5.74, 6) is 0.189. The molecular weight excluding hydrogens is 130 g/mol. The van der Waals surface area contributed by atoms with E-state index in [0.717, 1.165) is 13.0 Å². The fourth-order valence-corrected chi connectivity index (χ4v) is 1.11. The number of hydrogen-bond donors (Lipinski definition) is 0. The molecule has 0 radical (unpaired) electrons. The molecule has 1 amide bonds. The number of Topliss-reactive ketones (excluding diaryl/α,β-unsaturated/α-hetero) is 1. The lowest BCUT2D eigenvalue weighted by Gasteiger charge is -2.23. The topological polar surface area (TPSA) is 37.4 Å². The summed E-state index contributed by atoms with van der Waals surface area (Å²) in [6, 6.07) is 0. The summed E-state index contributed by atoms with van der Waals surface area (Å²) < 4.78 is 0. The zero-order valence-electron chi connectivity index (χ0n) is 6.09. The molecule has 0 N–H and O–H groups in total. The van der Waals surface area contributed by atoms with Gasteiger partial charge in [0.25, 0.3) is 0 Å². The number of likely N-dealkylation sites (tertiary alicyclic amines) is 1. The molecule has 0 atom stereocenters. The number of nitrogens with zero attached hydrogens (tertiary/aromatic N) is 1. The molecule has 3 nitrogen and oxygen atoms in total. The summed E-state index contributed by atoms with van der Waals surface area (Å²) in [6.45, 7) is 2.58. The van der Waals surface area contributed by atoms with E-state index in [0.29, 0.717) is 13.0 Å². The van der Waals surface area contributed by atoms with Crippen LogP contribution in [0.3, 0.4) is 0 Å². The van der Waals surface area contributed by atoms with Gasteiger partial charge in [0.05, 0.1) is 6.54 Å². The maximum atomic E-state index is 10.8. The summed E-state index contributed by atoms with van der Waals surface area (Å²) >= 11 is 0. The molecule has 1 saturated heterocycles. The fourth-order valence-electron chi connectivity index (χ4n) is 1.11. The average Bonchev–Trinajstić information content (AvgIpc) is 1.88. The highest BCUT2D eigenvalue weighted by Gasteiger charge is 2.17. The quantitative estimate of drug-likeness (QED) is 0.483. The van der Waals surface area contributed by atoms with E-state index in [1.807, 2.05) is 0 Å². The first kappa shape index (κ1) is 7.25. The minimum Gasteiger partial charge on any atom is -0.336 e.